The number of hydrogen-bond acceptors (Lipinski definition) is 4. The Morgan fingerprint density at radius 3 is 2.44 bits per heavy atom. The van der Waals surface area contributed by atoms with Crippen molar-refractivity contribution in [3.63, 3.8) is 0 Å². The van der Waals surface area contributed by atoms with Gasteiger partial charge in [-0.2, -0.15) is 17.6 Å². The molecule has 8 heteroatoms. The van der Waals surface area contributed by atoms with Gasteiger partial charge in [-0.05, 0) is 57.1 Å². The van der Waals surface area contributed by atoms with E-state index in [1.807, 2.05) is 6.92 Å². The Morgan fingerprint density at radius 2 is 1.78 bits per heavy atom. The normalized spacial score (nSPS) is 15.6. The van der Waals surface area contributed by atoms with Crippen molar-refractivity contribution < 1.29 is 12.8 Å². The summed E-state index contributed by atoms with van der Waals surface area (Å²) in [5.74, 6) is -0.312. The number of aromatic nitrogens is 2. The quantitative estimate of drug-likeness (QED) is 0.717. The third-order valence-corrected chi connectivity index (χ3v) is 6.51. The summed E-state index contributed by atoms with van der Waals surface area (Å²) in [5.41, 5.74) is 1.99. The van der Waals surface area contributed by atoms with Crippen LogP contribution in [0.15, 0.2) is 47.4 Å². The Hall–Kier alpha value is -1.96. The molecule has 1 saturated heterocycles. The monoisotopic (exact) mass is 409 g/mol. The Bertz CT molecular complexity index is 1060. The number of halogens is 2. The lowest BCUT2D eigenvalue weighted by atomic mass is 9.93. The van der Waals surface area contributed by atoms with Gasteiger partial charge in [-0.1, -0.05) is 17.7 Å². The Morgan fingerprint density at radius 1 is 1.11 bits per heavy atom. The first-order valence-corrected chi connectivity index (χ1v) is 10.1. The van der Waals surface area contributed by atoms with Crippen LogP contribution in [0.4, 0.5) is 4.39 Å². The van der Waals surface area contributed by atoms with Gasteiger partial charge in [0.15, 0.2) is 0 Å². The van der Waals surface area contributed by atoms with Gasteiger partial charge in [-0.3, -0.25) is 0 Å². The number of nitrogens with one attached hydrogen (secondary N) is 1. The molecule has 0 atom stereocenters. The number of aryl methyl sites for hydroxylation is 1. The summed E-state index contributed by atoms with van der Waals surface area (Å²) in [4.78, 5) is 0.147. The highest BCUT2D eigenvalue weighted by Crippen LogP contribution is 2.32. The predicted octanol–water partition coefficient (Wildman–Crippen LogP) is 3.61. The lowest BCUT2D eigenvalue weighted by Gasteiger charge is -2.21. The fourth-order valence-corrected chi connectivity index (χ4v) is 4.76. The number of benzene rings is 2. The Kier molecular flexibility index (Phi) is 5.55. The maximum Gasteiger partial charge on any atom is 0.283 e. The minimum Gasteiger partial charge on any atom is -0.317 e. The van der Waals surface area contributed by atoms with E-state index in [0.29, 0.717) is 10.9 Å². The van der Waals surface area contributed by atoms with Crippen LogP contribution in [0.25, 0.3) is 10.9 Å². The highest BCUT2D eigenvalue weighted by Gasteiger charge is 2.27. The van der Waals surface area contributed by atoms with Crippen LogP contribution in [0.3, 0.4) is 0 Å². The number of fused-ring (bicyclic) bond motifs is 1. The van der Waals surface area contributed by atoms with Crippen LogP contribution in [0.1, 0.15) is 30.0 Å². The summed E-state index contributed by atoms with van der Waals surface area (Å²) in [6.07, 6.45) is 1.77. The first-order valence-electron chi connectivity index (χ1n) is 8.68. The zero-order valence-corrected chi connectivity index (χ0v) is 16.5. The second-order valence-corrected chi connectivity index (χ2v) is 8.50. The van der Waals surface area contributed by atoms with Crippen LogP contribution in [0, 0.1) is 12.7 Å². The van der Waals surface area contributed by atoms with E-state index >= 15 is 0 Å². The van der Waals surface area contributed by atoms with Crippen LogP contribution < -0.4 is 5.32 Å². The molecule has 0 amide bonds. The number of piperidine rings is 1. The first-order chi connectivity index (χ1) is 12.5. The SMILES string of the molecule is Cc1ccc(S(=O)(=O)n2nc(C3CCNCC3)c3ccc(F)cc32)cc1.Cl. The Labute approximate surface area is 164 Å². The van der Waals surface area contributed by atoms with Crippen molar-refractivity contribution in [1.82, 2.24) is 14.5 Å². The van der Waals surface area contributed by atoms with Gasteiger partial charge in [0.05, 0.1) is 16.1 Å². The molecular formula is C19H21ClFN3O2S. The average molecular weight is 410 g/mol. The van der Waals surface area contributed by atoms with E-state index < -0.39 is 15.8 Å². The smallest absolute Gasteiger partial charge is 0.283 e. The van der Waals surface area contributed by atoms with Crippen molar-refractivity contribution in [2.24, 2.45) is 0 Å². The van der Waals surface area contributed by atoms with Gasteiger partial charge in [0, 0.05) is 17.4 Å². The van der Waals surface area contributed by atoms with Gasteiger partial charge in [-0.25, -0.2) is 4.39 Å². The predicted molar refractivity (Wildman–Crippen MR) is 106 cm³/mol. The third-order valence-electron chi connectivity index (χ3n) is 4.91. The first kappa shape index (κ1) is 19.8. The largest absolute Gasteiger partial charge is 0.317 e. The van der Waals surface area contributed by atoms with Crippen LogP contribution >= 0.6 is 12.4 Å². The zero-order chi connectivity index (χ0) is 18.3. The van der Waals surface area contributed by atoms with Gasteiger partial charge >= 0.3 is 0 Å². The average Bonchev–Trinajstić information content (AvgIpc) is 3.02. The molecule has 5 nitrogen and oxygen atoms in total. The summed E-state index contributed by atoms with van der Waals surface area (Å²) in [6.45, 7) is 3.63. The van der Waals surface area contributed by atoms with E-state index in [1.54, 1.807) is 30.3 Å². The highest BCUT2D eigenvalue weighted by molar-refractivity contribution is 7.90. The maximum atomic E-state index is 13.9. The van der Waals surface area contributed by atoms with Crippen molar-refractivity contribution >= 4 is 33.3 Å². The van der Waals surface area contributed by atoms with E-state index in [-0.39, 0.29) is 23.2 Å². The van der Waals surface area contributed by atoms with E-state index in [1.165, 1.54) is 12.1 Å². The van der Waals surface area contributed by atoms with Crippen LogP contribution in [-0.2, 0) is 10.0 Å². The van der Waals surface area contributed by atoms with Gasteiger partial charge in [0.25, 0.3) is 10.0 Å². The van der Waals surface area contributed by atoms with Crippen LogP contribution in [0.2, 0.25) is 0 Å². The molecule has 0 radical (unpaired) electrons. The van der Waals surface area contributed by atoms with Crippen LogP contribution in [0.5, 0.6) is 0 Å². The second-order valence-electron chi connectivity index (χ2n) is 6.73. The molecule has 2 heterocycles. The fraction of sp³-hybridized carbons (Fsp3) is 0.316. The molecule has 1 aliphatic rings. The molecule has 0 aliphatic carbocycles. The highest BCUT2D eigenvalue weighted by atomic mass is 35.5. The third kappa shape index (κ3) is 3.59. The molecular weight excluding hydrogens is 389 g/mol. The molecule has 4 rings (SSSR count). The number of nitrogens with zero attached hydrogens (tertiary/aromatic N) is 2. The topological polar surface area (TPSA) is 64.0 Å². The second kappa shape index (κ2) is 7.58. The number of hydrogen-bond donors (Lipinski definition) is 1. The number of rotatable bonds is 3. The van der Waals surface area contributed by atoms with Gasteiger partial charge in [-0.15, -0.1) is 12.4 Å². The summed E-state index contributed by atoms with van der Waals surface area (Å²) >= 11 is 0. The molecule has 3 aromatic rings. The molecule has 0 unspecified atom stereocenters. The molecule has 0 spiro atoms. The molecule has 2 aromatic carbocycles. The summed E-state index contributed by atoms with van der Waals surface area (Å²) in [6, 6.07) is 10.8. The minimum absolute atomic E-state index is 0. The van der Waals surface area contributed by atoms with Crippen LogP contribution in [-0.4, -0.2) is 30.7 Å². The van der Waals surface area contributed by atoms with Crippen molar-refractivity contribution in [1.29, 1.82) is 0 Å². The van der Waals surface area contributed by atoms with E-state index in [9.17, 15) is 12.8 Å². The summed E-state index contributed by atoms with van der Waals surface area (Å²) in [7, 11) is -3.89. The van der Waals surface area contributed by atoms with Crippen molar-refractivity contribution in [3.05, 3.63) is 59.5 Å². The molecule has 1 fully saturated rings. The molecule has 0 saturated carbocycles. The van der Waals surface area contributed by atoms with E-state index in [2.05, 4.69) is 10.4 Å². The lowest BCUT2D eigenvalue weighted by molar-refractivity contribution is 0.453. The minimum atomic E-state index is -3.89. The van der Waals surface area contributed by atoms with Gasteiger partial charge in [0.2, 0.25) is 0 Å². The summed E-state index contributed by atoms with van der Waals surface area (Å²) in [5, 5.41) is 8.46. The molecule has 0 bridgehead atoms. The van der Waals surface area contributed by atoms with E-state index in [4.69, 9.17) is 0 Å². The Balaban J connectivity index is 0.00000210. The summed E-state index contributed by atoms with van der Waals surface area (Å²) < 4.78 is 41.1. The van der Waals surface area contributed by atoms with Crippen molar-refractivity contribution in [2.45, 2.75) is 30.6 Å². The zero-order valence-electron chi connectivity index (χ0n) is 14.9. The molecule has 1 aromatic heterocycles. The fourth-order valence-electron chi connectivity index (χ4n) is 3.48. The lowest BCUT2D eigenvalue weighted by Crippen LogP contribution is -2.27. The molecule has 27 heavy (non-hydrogen) atoms. The standard InChI is InChI=1S/C19H20FN3O2S.ClH/c1-13-2-5-16(6-3-13)26(24,25)23-18-12-15(20)4-7-17(18)19(22-23)14-8-10-21-11-9-14;/h2-7,12,14,21H,8-11H2,1H3;1H. The molecule has 144 valence electrons. The van der Waals surface area contributed by atoms with Crippen molar-refractivity contribution in [3.8, 4) is 0 Å². The maximum absolute atomic E-state index is 13.9. The van der Waals surface area contributed by atoms with Gasteiger partial charge in [0.1, 0.15) is 5.82 Å². The molecule has 1 N–H and O–H groups in total. The van der Waals surface area contributed by atoms with E-state index in [0.717, 1.165) is 41.3 Å². The van der Waals surface area contributed by atoms with Gasteiger partial charge < -0.3 is 5.32 Å². The molecule has 1 aliphatic heterocycles. The van der Waals surface area contributed by atoms with Crippen molar-refractivity contribution in [2.75, 3.05) is 13.1 Å².